The van der Waals surface area contributed by atoms with Gasteiger partial charge in [0.05, 0.1) is 0 Å². The van der Waals surface area contributed by atoms with Crippen LogP contribution in [-0.4, -0.2) is 12.1 Å². The van der Waals surface area contributed by atoms with Gasteiger partial charge in [-0.1, -0.05) is 20.8 Å². The average molecular weight is 167 g/mol. The summed E-state index contributed by atoms with van der Waals surface area (Å²) in [6.45, 7) is 8.42. The van der Waals surface area contributed by atoms with Crippen LogP contribution in [0.3, 0.4) is 0 Å². The predicted octanol–water partition coefficient (Wildman–Crippen LogP) is 2.56. The first kappa shape index (κ1) is 8.55. The third-order valence-electron chi connectivity index (χ3n) is 3.80. The van der Waals surface area contributed by atoms with Crippen molar-refractivity contribution in [3.8, 4) is 0 Å². The Bertz CT molecular complexity index is 168. The van der Waals surface area contributed by atoms with Gasteiger partial charge in [-0.05, 0) is 43.6 Å². The van der Waals surface area contributed by atoms with E-state index in [2.05, 4.69) is 26.1 Å². The number of nitrogens with one attached hydrogen (secondary N) is 1. The highest BCUT2D eigenvalue weighted by molar-refractivity contribution is 5.10. The van der Waals surface area contributed by atoms with Crippen LogP contribution >= 0.6 is 0 Å². The molecule has 1 nitrogen and oxygen atoms in total. The Morgan fingerprint density at radius 3 is 2.25 bits per heavy atom. The molecule has 2 aliphatic rings. The Morgan fingerprint density at radius 2 is 1.92 bits per heavy atom. The summed E-state index contributed by atoms with van der Waals surface area (Å²) in [6, 6.07) is 0. The molecule has 1 heterocycles. The van der Waals surface area contributed by atoms with Crippen LogP contribution in [-0.2, 0) is 0 Å². The Labute approximate surface area is 75.9 Å². The molecule has 0 aromatic rings. The van der Waals surface area contributed by atoms with Crippen molar-refractivity contribution in [3.63, 3.8) is 0 Å². The van der Waals surface area contributed by atoms with Crippen molar-refractivity contribution in [3.05, 3.63) is 0 Å². The molecule has 0 radical (unpaired) electrons. The van der Waals surface area contributed by atoms with Crippen molar-refractivity contribution in [1.29, 1.82) is 0 Å². The quantitative estimate of drug-likeness (QED) is 0.633. The van der Waals surface area contributed by atoms with Gasteiger partial charge in [0.25, 0.3) is 0 Å². The van der Waals surface area contributed by atoms with Crippen LogP contribution in [0.5, 0.6) is 0 Å². The van der Waals surface area contributed by atoms with E-state index in [9.17, 15) is 0 Å². The zero-order valence-corrected chi connectivity index (χ0v) is 8.61. The molecule has 0 bridgehead atoms. The summed E-state index contributed by atoms with van der Waals surface area (Å²) in [5, 5.41) is 3.77. The summed E-state index contributed by atoms with van der Waals surface area (Å²) >= 11 is 0. The van der Waals surface area contributed by atoms with Gasteiger partial charge in [-0.3, -0.25) is 0 Å². The Kier molecular flexibility index (Phi) is 1.76. The van der Waals surface area contributed by atoms with Gasteiger partial charge in [0.15, 0.2) is 0 Å². The minimum Gasteiger partial charge on any atom is -0.310 e. The molecule has 1 aliphatic heterocycles. The van der Waals surface area contributed by atoms with E-state index in [1.807, 2.05) is 0 Å². The molecule has 1 N–H and O–H groups in total. The maximum absolute atomic E-state index is 3.77. The molecule has 1 heteroatoms. The standard InChI is InChI=1S/C11H21N/c1-10(2,3)11(9-5-6-9)7-4-8-12-11/h9,12H,4-8H2,1-3H3. The van der Waals surface area contributed by atoms with E-state index in [4.69, 9.17) is 0 Å². The van der Waals surface area contributed by atoms with Gasteiger partial charge in [-0.15, -0.1) is 0 Å². The van der Waals surface area contributed by atoms with Crippen LogP contribution in [0.1, 0.15) is 46.5 Å². The van der Waals surface area contributed by atoms with E-state index in [0.29, 0.717) is 11.0 Å². The molecule has 0 aromatic heterocycles. The molecular weight excluding hydrogens is 146 g/mol. The van der Waals surface area contributed by atoms with Crippen molar-refractivity contribution < 1.29 is 0 Å². The topological polar surface area (TPSA) is 12.0 Å². The van der Waals surface area contributed by atoms with E-state index < -0.39 is 0 Å². The molecule has 0 aromatic carbocycles. The zero-order chi connectivity index (χ0) is 8.82. The van der Waals surface area contributed by atoms with Gasteiger partial charge >= 0.3 is 0 Å². The first-order valence-corrected chi connectivity index (χ1v) is 5.31. The minimum atomic E-state index is 0.449. The third-order valence-corrected chi connectivity index (χ3v) is 3.80. The molecule has 0 spiro atoms. The molecule has 12 heavy (non-hydrogen) atoms. The first-order valence-electron chi connectivity index (χ1n) is 5.31. The van der Waals surface area contributed by atoms with Crippen molar-refractivity contribution in [2.45, 2.75) is 52.0 Å². The van der Waals surface area contributed by atoms with Gasteiger partial charge in [0.1, 0.15) is 0 Å². The van der Waals surface area contributed by atoms with E-state index >= 15 is 0 Å². The van der Waals surface area contributed by atoms with Crippen LogP contribution in [0, 0.1) is 11.3 Å². The summed E-state index contributed by atoms with van der Waals surface area (Å²) in [7, 11) is 0. The largest absolute Gasteiger partial charge is 0.310 e. The molecule has 1 unspecified atom stereocenters. The van der Waals surface area contributed by atoms with Crippen molar-refractivity contribution >= 4 is 0 Å². The number of rotatable bonds is 1. The highest BCUT2D eigenvalue weighted by Crippen LogP contribution is 2.52. The molecule has 1 saturated carbocycles. The Balaban J connectivity index is 2.21. The molecule has 2 rings (SSSR count). The molecule has 1 atom stereocenters. The molecule has 70 valence electrons. The summed E-state index contributed by atoms with van der Waals surface area (Å²) < 4.78 is 0. The van der Waals surface area contributed by atoms with Crippen LogP contribution in [0.2, 0.25) is 0 Å². The summed E-state index contributed by atoms with van der Waals surface area (Å²) in [6.07, 6.45) is 5.71. The van der Waals surface area contributed by atoms with Crippen LogP contribution in [0.25, 0.3) is 0 Å². The highest BCUT2D eigenvalue weighted by atomic mass is 15.0. The normalized spacial score (nSPS) is 37.2. The van der Waals surface area contributed by atoms with Gasteiger partial charge in [0, 0.05) is 5.54 Å². The highest BCUT2D eigenvalue weighted by Gasteiger charge is 2.53. The smallest absolute Gasteiger partial charge is 0.0258 e. The van der Waals surface area contributed by atoms with Crippen molar-refractivity contribution in [2.24, 2.45) is 11.3 Å². The van der Waals surface area contributed by atoms with Gasteiger partial charge in [-0.2, -0.15) is 0 Å². The van der Waals surface area contributed by atoms with E-state index in [0.717, 1.165) is 5.92 Å². The maximum atomic E-state index is 3.77. The predicted molar refractivity (Wildman–Crippen MR) is 52.1 cm³/mol. The second-order valence-corrected chi connectivity index (χ2v) is 5.53. The molecule has 0 amide bonds. The van der Waals surface area contributed by atoms with E-state index in [1.165, 1.54) is 32.2 Å². The second-order valence-electron chi connectivity index (χ2n) is 5.53. The zero-order valence-electron chi connectivity index (χ0n) is 8.61. The molecule has 1 aliphatic carbocycles. The van der Waals surface area contributed by atoms with Crippen LogP contribution < -0.4 is 5.32 Å². The first-order chi connectivity index (χ1) is 5.56. The summed E-state index contributed by atoms with van der Waals surface area (Å²) in [5.41, 5.74) is 0.942. The molecule has 1 saturated heterocycles. The lowest BCUT2D eigenvalue weighted by Crippen LogP contribution is -2.52. The monoisotopic (exact) mass is 167 g/mol. The summed E-state index contributed by atoms with van der Waals surface area (Å²) in [4.78, 5) is 0. The molecule has 2 fully saturated rings. The lowest BCUT2D eigenvalue weighted by Gasteiger charge is -2.43. The Morgan fingerprint density at radius 1 is 1.25 bits per heavy atom. The average Bonchev–Trinajstić information content (AvgIpc) is 2.67. The second kappa shape index (κ2) is 2.47. The van der Waals surface area contributed by atoms with Crippen LogP contribution in [0.4, 0.5) is 0 Å². The number of hydrogen-bond acceptors (Lipinski definition) is 1. The SMILES string of the molecule is CC(C)(C)C1(C2CC2)CCCN1. The fraction of sp³-hybridized carbons (Fsp3) is 1.00. The fourth-order valence-electron chi connectivity index (χ4n) is 2.94. The lowest BCUT2D eigenvalue weighted by atomic mass is 9.69. The van der Waals surface area contributed by atoms with Crippen molar-refractivity contribution in [2.75, 3.05) is 6.54 Å². The van der Waals surface area contributed by atoms with E-state index in [-0.39, 0.29) is 0 Å². The number of hydrogen-bond donors (Lipinski definition) is 1. The minimum absolute atomic E-state index is 0.449. The van der Waals surface area contributed by atoms with Crippen LogP contribution in [0.15, 0.2) is 0 Å². The summed E-state index contributed by atoms with van der Waals surface area (Å²) in [5.74, 6) is 0.986. The van der Waals surface area contributed by atoms with Gasteiger partial charge < -0.3 is 5.32 Å². The third kappa shape index (κ3) is 1.10. The molecular formula is C11H21N. The lowest BCUT2D eigenvalue weighted by molar-refractivity contribution is 0.133. The Hall–Kier alpha value is -0.0400. The maximum Gasteiger partial charge on any atom is 0.0258 e. The van der Waals surface area contributed by atoms with Crippen molar-refractivity contribution in [1.82, 2.24) is 5.32 Å². The fourth-order valence-corrected chi connectivity index (χ4v) is 2.94. The van der Waals surface area contributed by atoms with Gasteiger partial charge in [-0.25, -0.2) is 0 Å². The van der Waals surface area contributed by atoms with E-state index in [1.54, 1.807) is 0 Å². The van der Waals surface area contributed by atoms with Gasteiger partial charge in [0.2, 0.25) is 0 Å².